The molecule has 34 heavy (non-hydrogen) atoms. The predicted molar refractivity (Wildman–Crippen MR) is 134 cm³/mol. The van der Waals surface area contributed by atoms with Gasteiger partial charge in [0.1, 0.15) is 23.9 Å². The third-order valence-electron chi connectivity index (χ3n) is 4.98. The average molecular weight is 485 g/mol. The van der Waals surface area contributed by atoms with Gasteiger partial charge in [0, 0.05) is 12.6 Å². The van der Waals surface area contributed by atoms with E-state index in [0.717, 1.165) is 12.2 Å². The van der Waals surface area contributed by atoms with Crippen molar-refractivity contribution in [3.05, 3.63) is 53.9 Å². The van der Waals surface area contributed by atoms with E-state index in [1.54, 1.807) is 12.1 Å². The van der Waals surface area contributed by atoms with Crippen LogP contribution in [0.2, 0.25) is 0 Å². The summed E-state index contributed by atoms with van der Waals surface area (Å²) in [6.45, 7) is 9.97. The van der Waals surface area contributed by atoms with Gasteiger partial charge in [0.2, 0.25) is 5.91 Å². The van der Waals surface area contributed by atoms with E-state index in [-0.39, 0.29) is 11.7 Å². The minimum atomic E-state index is -0.168. The van der Waals surface area contributed by atoms with E-state index in [4.69, 9.17) is 14.2 Å². The Kier molecular flexibility index (Phi) is 9.63. The Morgan fingerprint density at radius 1 is 0.941 bits per heavy atom. The molecule has 8 nitrogen and oxygen atoms in total. The zero-order valence-electron chi connectivity index (χ0n) is 20.2. The molecule has 0 atom stereocenters. The van der Waals surface area contributed by atoms with Crippen LogP contribution in [-0.4, -0.2) is 39.6 Å². The van der Waals surface area contributed by atoms with E-state index in [9.17, 15) is 4.79 Å². The van der Waals surface area contributed by atoms with Crippen LogP contribution in [0.3, 0.4) is 0 Å². The van der Waals surface area contributed by atoms with Crippen LogP contribution in [0, 0.1) is 0 Å². The number of nitrogens with one attached hydrogen (secondary N) is 1. The van der Waals surface area contributed by atoms with Crippen molar-refractivity contribution in [2.45, 2.75) is 52.4 Å². The summed E-state index contributed by atoms with van der Waals surface area (Å²) >= 11 is 1.33. The molecule has 0 radical (unpaired) electrons. The average Bonchev–Trinajstić information content (AvgIpc) is 3.25. The molecule has 0 saturated carbocycles. The third-order valence-corrected chi connectivity index (χ3v) is 5.94. The third kappa shape index (κ3) is 6.90. The van der Waals surface area contributed by atoms with E-state index in [0.29, 0.717) is 54.5 Å². The second kappa shape index (κ2) is 12.9. The van der Waals surface area contributed by atoms with Crippen LogP contribution in [0.4, 0.5) is 5.69 Å². The summed E-state index contributed by atoms with van der Waals surface area (Å²) in [5.74, 6) is 2.80. The molecule has 0 spiro atoms. The lowest BCUT2D eigenvalue weighted by atomic mass is 10.2. The molecular weight excluding hydrogens is 452 g/mol. The van der Waals surface area contributed by atoms with Crippen LogP contribution in [-0.2, 0) is 24.4 Å². The molecule has 0 unspecified atom stereocenters. The highest BCUT2D eigenvalue weighted by atomic mass is 32.2. The molecule has 0 aliphatic carbocycles. The van der Waals surface area contributed by atoms with Crippen molar-refractivity contribution in [2.75, 3.05) is 24.3 Å². The largest absolute Gasteiger partial charge is 0.494 e. The molecular formula is C25H32N4O4S. The first-order valence-electron chi connectivity index (χ1n) is 11.5. The highest BCUT2D eigenvalue weighted by Gasteiger charge is 2.15. The molecule has 0 aliphatic heterocycles. The van der Waals surface area contributed by atoms with Crippen LogP contribution in [0.5, 0.6) is 17.2 Å². The fourth-order valence-corrected chi connectivity index (χ4v) is 4.10. The number of anilines is 1. The smallest absolute Gasteiger partial charge is 0.234 e. The van der Waals surface area contributed by atoms with Crippen molar-refractivity contribution in [3.63, 3.8) is 0 Å². The number of aryl methyl sites for hydroxylation is 1. The zero-order valence-corrected chi connectivity index (χ0v) is 21.0. The highest BCUT2D eigenvalue weighted by Crippen LogP contribution is 2.30. The number of hydrogen-bond donors (Lipinski definition) is 1. The maximum absolute atomic E-state index is 12.7. The van der Waals surface area contributed by atoms with Gasteiger partial charge in [-0.15, -0.1) is 10.2 Å². The summed E-state index contributed by atoms with van der Waals surface area (Å²) < 4.78 is 19.0. The number of aromatic nitrogens is 3. The van der Waals surface area contributed by atoms with Crippen molar-refractivity contribution in [2.24, 2.45) is 0 Å². The fourth-order valence-electron chi connectivity index (χ4n) is 3.28. The van der Waals surface area contributed by atoms with E-state index < -0.39 is 0 Å². The van der Waals surface area contributed by atoms with Gasteiger partial charge in [0.25, 0.3) is 0 Å². The summed E-state index contributed by atoms with van der Waals surface area (Å²) in [5, 5.41) is 12.1. The van der Waals surface area contributed by atoms with Gasteiger partial charge < -0.3 is 24.1 Å². The number of thioether (sulfide) groups is 1. The van der Waals surface area contributed by atoms with Crippen molar-refractivity contribution >= 4 is 23.4 Å². The topological polar surface area (TPSA) is 87.5 Å². The Balaban J connectivity index is 1.60. The lowest BCUT2D eigenvalue weighted by molar-refractivity contribution is -0.113. The van der Waals surface area contributed by atoms with Crippen molar-refractivity contribution < 1.29 is 19.0 Å². The first-order chi connectivity index (χ1) is 16.6. The molecule has 1 aromatic heterocycles. The van der Waals surface area contributed by atoms with E-state index in [2.05, 4.69) is 34.6 Å². The van der Waals surface area contributed by atoms with Gasteiger partial charge in [-0.3, -0.25) is 4.79 Å². The molecule has 0 fully saturated rings. The van der Waals surface area contributed by atoms with E-state index in [1.165, 1.54) is 17.3 Å². The van der Waals surface area contributed by atoms with Gasteiger partial charge in [0.15, 0.2) is 11.0 Å². The van der Waals surface area contributed by atoms with Crippen molar-refractivity contribution in [1.29, 1.82) is 0 Å². The lowest BCUT2D eigenvalue weighted by Crippen LogP contribution is -2.16. The van der Waals surface area contributed by atoms with Crippen LogP contribution in [0.15, 0.2) is 47.6 Å². The minimum absolute atomic E-state index is 0.168. The number of hydrogen-bond acceptors (Lipinski definition) is 7. The van der Waals surface area contributed by atoms with Gasteiger partial charge in [0.05, 0.1) is 24.7 Å². The van der Waals surface area contributed by atoms with Crippen molar-refractivity contribution in [1.82, 2.24) is 14.8 Å². The molecule has 3 rings (SSSR count). The Bertz CT molecular complexity index is 1070. The van der Waals surface area contributed by atoms with Crippen LogP contribution >= 0.6 is 11.8 Å². The second-order valence-electron chi connectivity index (χ2n) is 7.29. The molecule has 0 saturated heterocycles. The first kappa shape index (κ1) is 25.4. The molecule has 9 heteroatoms. The normalized spacial score (nSPS) is 10.7. The van der Waals surface area contributed by atoms with Gasteiger partial charge in [-0.2, -0.15) is 0 Å². The van der Waals surface area contributed by atoms with Crippen LogP contribution < -0.4 is 19.5 Å². The molecule has 1 N–H and O–H groups in total. The number of rotatable bonds is 13. The summed E-state index contributed by atoms with van der Waals surface area (Å²) in [4.78, 5) is 12.7. The molecule has 2 aromatic carbocycles. The number of benzene rings is 2. The van der Waals surface area contributed by atoms with Crippen LogP contribution in [0.25, 0.3) is 0 Å². The minimum Gasteiger partial charge on any atom is -0.494 e. The molecule has 1 heterocycles. The Morgan fingerprint density at radius 2 is 1.68 bits per heavy atom. The molecule has 0 aliphatic rings. The Labute approximate surface area is 205 Å². The zero-order chi connectivity index (χ0) is 24.3. The van der Waals surface area contributed by atoms with Gasteiger partial charge in [-0.05, 0) is 57.0 Å². The maximum atomic E-state index is 12.7. The van der Waals surface area contributed by atoms with Crippen molar-refractivity contribution in [3.8, 4) is 17.2 Å². The van der Waals surface area contributed by atoms with Gasteiger partial charge in [-0.1, -0.05) is 30.8 Å². The molecule has 182 valence electrons. The number of carbonyl (C=O) groups is 1. The highest BCUT2D eigenvalue weighted by molar-refractivity contribution is 7.99. The Morgan fingerprint density at radius 3 is 2.35 bits per heavy atom. The SMILES string of the molecule is CCOc1ccc(OCC)c(NC(=O)CSc2nnc(COc3ccc(CC)cc3)n2CC)c1. The quantitative estimate of drug-likeness (QED) is 0.343. The standard InChI is InChI=1S/C25H32N4O4S/c1-5-18-9-11-19(12-10-18)33-16-23-27-28-25(29(23)6-2)34-17-24(30)26-21-15-20(31-7-3)13-14-22(21)32-8-4/h9-15H,5-8,16-17H2,1-4H3,(H,26,30). The van der Waals surface area contributed by atoms with E-state index >= 15 is 0 Å². The van der Waals surface area contributed by atoms with E-state index in [1.807, 2.05) is 43.5 Å². The maximum Gasteiger partial charge on any atom is 0.234 e. The van der Waals surface area contributed by atoms with Gasteiger partial charge >= 0.3 is 0 Å². The summed E-state index contributed by atoms with van der Waals surface area (Å²) in [6.07, 6.45) is 0.990. The molecule has 1 amide bonds. The summed E-state index contributed by atoms with van der Waals surface area (Å²) in [6, 6.07) is 13.4. The van der Waals surface area contributed by atoms with Gasteiger partial charge in [-0.25, -0.2) is 0 Å². The Hall–Kier alpha value is -3.20. The monoisotopic (exact) mass is 484 g/mol. The second-order valence-corrected chi connectivity index (χ2v) is 8.23. The summed E-state index contributed by atoms with van der Waals surface area (Å²) in [7, 11) is 0. The number of nitrogens with zero attached hydrogens (tertiary/aromatic N) is 3. The number of carbonyl (C=O) groups excluding carboxylic acids is 1. The first-order valence-corrected chi connectivity index (χ1v) is 12.5. The lowest BCUT2D eigenvalue weighted by Gasteiger charge is -2.13. The number of ether oxygens (including phenoxy) is 3. The summed E-state index contributed by atoms with van der Waals surface area (Å²) in [5.41, 5.74) is 1.84. The van der Waals surface area contributed by atoms with Crippen LogP contribution in [0.1, 0.15) is 39.1 Å². The molecule has 0 bridgehead atoms. The fraction of sp³-hybridized carbons (Fsp3) is 0.400. The number of amides is 1. The molecule has 3 aromatic rings. The predicted octanol–water partition coefficient (Wildman–Crippen LogP) is 4.97.